The minimum absolute atomic E-state index is 0.461. The van der Waals surface area contributed by atoms with Gasteiger partial charge in [-0.1, -0.05) is 288 Å². The minimum atomic E-state index is 0.461. The van der Waals surface area contributed by atoms with Crippen LogP contribution in [-0.2, 0) is 34.5 Å². The van der Waals surface area contributed by atoms with Gasteiger partial charge in [0.1, 0.15) is 34.5 Å². The SMILES string of the molecule is Cc1cc(C)c(O)c(CSC2CCCCCC[C@@H]2SCc2cc(C)cc(C)c2O)c1.Cc1cc(CSC2CCCCCC[C@@H]2SCc2cc(C)cc(C3CCCCC3)c2O)c(O)c(C2CCCCC2)c1.Oc1c(CSC2CCCCCC[C@@H]2SCc2cc(C3CCCCC3)cc(C3CCCCC3)c2O)cc(C2CCCCC2)cc1C1CCCCC1. The fourth-order valence-corrected chi connectivity index (χ4v) is 32.0. The van der Waals surface area contributed by atoms with E-state index in [9.17, 15) is 30.6 Å². The topological polar surface area (TPSA) is 121 Å². The number of phenols is 6. The first-order chi connectivity index (χ1) is 58.5. The van der Waals surface area contributed by atoms with E-state index < -0.39 is 0 Å². The van der Waals surface area contributed by atoms with Crippen molar-refractivity contribution in [2.24, 2.45) is 0 Å². The Hall–Kier alpha value is -3.78. The van der Waals surface area contributed by atoms with Crippen LogP contribution in [0.4, 0.5) is 0 Å². The van der Waals surface area contributed by atoms with Crippen LogP contribution in [0.25, 0.3) is 0 Å². The van der Waals surface area contributed by atoms with E-state index in [-0.39, 0.29) is 0 Å². The number of phenolic OH excluding ortho intramolecular Hbond substituents is 6. The van der Waals surface area contributed by atoms with E-state index in [0.717, 1.165) is 67.9 Å². The van der Waals surface area contributed by atoms with Crippen molar-refractivity contribution < 1.29 is 30.6 Å². The summed E-state index contributed by atoms with van der Waals surface area (Å²) in [5.41, 5.74) is 21.9. The lowest BCUT2D eigenvalue weighted by Crippen LogP contribution is -2.22. The molecule has 0 amide bonds. The van der Waals surface area contributed by atoms with E-state index in [1.165, 1.54) is 375 Å². The van der Waals surface area contributed by atoms with Crippen LogP contribution in [0.3, 0.4) is 0 Å². The number of hydrogen-bond acceptors (Lipinski definition) is 12. The maximum absolute atomic E-state index is 11.9. The summed E-state index contributed by atoms with van der Waals surface area (Å²) in [6.07, 6.45) is 62.6. The average molecular weight is 1740 g/mol. The van der Waals surface area contributed by atoms with Gasteiger partial charge in [-0.25, -0.2) is 0 Å². The van der Waals surface area contributed by atoms with Gasteiger partial charge >= 0.3 is 0 Å². The van der Waals surface area contributed by atoms with Crippen molar-refractivity contribution in [2.75, 3.05) is 0 Å². The van der Waals surface area contributed by atoms with Crippen LogP contribution >= 0.6 is 70.6 Å². The summed E-state index contributed by atoms with van der Waals surface area (Å²) in [6, 6.07) is 27.1. The standard InChI is InChI=1S/C46H68O2S2.C36H52O2S2.C26H36O2S2/c47-45-39(27-37(33-17-7-3-8-18-33)29-41(45)35-21-11-5-12-22-35)31-49-43-25-15-1-2-16-26-44(43)50-32-40-28-38(34-19-9-4-10-20-34)30-42(46(40)48)36-23-13-6-14-24-36;1-25-19-29(35(37)31(21-25)27-13-7-5-8-14-27)23-39-33-17-11-3-4-12-18-34(33)40-24-30-20-26(2)22-32(36(30)38)28-15-9-6-10-16-28;1-17-11-19(3)25(27)21(13-17)15-29-23-9-7-5-6-8-10-24(23)30-16-22-14-18(2)12-20(4)26(22)28/h27-30,33-36,43-44,47-48H,1-26,31-32H2;19-22,27-28,33-34,37-38H,3-18,23-24H2,1-2H3;11-14,23-24,27-28H,5-10,15-16H2,1-4H3/t43-,44?;33-,34?;23-,24?/m000/s1. The second kappa shape index (κ2) is 48.4. The van der Waals surface area contributed by atoms with E-state index >= 15 is 0 Å². The van der Waals surface area contributed by atoms with E-state index in [1.807, 2.05) is 49.5 Å². The summed E-state index contributed by atoms with van der Waals surface area (Å²) in [7, 11) is 0. The molecule has 0 heterocycles. The molecule has 3 unspecified atom stereocenters. The molecule has 6 atom stereocenters. The van der Waals surface area contributed by atoms with Crippen molar-refractivity contribution in [3.63, 3.8) is 0 Å². The highest BCUT2D eigenvalue weighted by Gasteiger charge is 2.34. The second-order valence-electron chi connectivity index (χ2n) is 39.2. The summed E-state index contributed by atoms with van der Waals surface area (Å²) in [5.74, 6) is 12.3. The molecule has 15 rings (SSSR count). The summed E-state index contributed by atoms with van der Waals surface area (Å²) >= 11 is 12.5. The molecule has 6 aromatic rings. The lowest BCUT2D eigenvalue weighted by molar-refractivity contribution is 0.408. The third-order valence-electron chi connectivity index (χ3n) is 29.7. The molecular formula is C108H156O6S6. The number of benzene rings is 6. The zero-order valence-corrected chi connectivity index (χ0v) is 80.1. The summed E-state index contributed by atoms with van der Waals surface area (Å²) < 4.78 is 0. The molecule has 6 nitrogen and oxygen atoms in total. The predicted molar refractivity (Wildman–Crippen MR) is 526 cm³/mol. The molecule has 6 N–H and O–H groups in total. The Morgan fingerprint density at radius 3 is 0.600 bits per heavy atom. The Morgan fingerprint density at radius 2 is 0.367 bits per heavy atom. The summed E-state index contributed by atoms with van der Waals surface area (Å²) in [5, 5.41) is 71.0. The van der Waals surface area contributed by atoms with Gasteiger partial charge in [0.2, 0.25) is 0 Å². The molecule has 9 aliphatic carbocycles. The Morgan fingerprint density at radius 1 is 0.192 bits per heavy atom. The van der Waals surface area contributed by atoms with Crippen LogP contribution in [0.2, 0.25) is 0 Å². The first-order valence-electron chi connectivity index (χ1n) is 49.1. The highest BCUT2D eigenvalue weighted by atomic mass is 32.2. The molecule has 9 aliphatic rings. The van der Waals surface area contributed by atoms with E-state index in [2.05, 4.69) is 135 Å². The fourth-order valence-electron chi connectivity index (χ4n) is 22.8. The quantitative estimate of drug-likeness (QED) is 0.0346. The van der Waals surface area contributed by atoms with Crippen molar-refractivity contribution in [2.45, 2.75) is 451 Å². The number of rotatable bonds is 24. The van der Waals surface area contributed by atoms with Crippen molar-refractivity contribution in [1.29, 1.82) is 0 Å². The lowest BCUT2D eigenvalue weighted by atomic mass is 9.79. The van der Waals surface area contributed by atoms with E-state index in [4.69, 9.17) is 0 Å². The Labute approximate surface area is 753 Å². The summed E-state index contributed by atoms with van der Waals surface area (Å²) in [6.45, 7) is 12.6. The van der Waals surface area contributed by atoms with Crippen LogP contribution in [0.1, 0.15) is 444 Å². The maximum Gasteiger partial charge on any atom is 0.123 e. The Kier molecular flexibility index (Phi) is 37.9. The van der Waals surface area contributed by atoms with Gasteiger partial charge in [0, 0.05) is 99.4 Å². The van der Waals surface area contributed by atoms with Gasteiger partial charge in [0.25, 0.3) is 0 Å². The van der Waals surface area contributed by atoms with Gasteiger partial charge in [-0.15, -0.1) is 0 Å². The molecule has 0 aliphatic heterocycles. The molecule has 0 saturated heterocycles. The van der Waals surface area contributed by atoms with Gasteiger partial charge in [-0.3, -0.25) is 0 Å². The largest absolute Gasteiger partial charge is 0.507 e. The molecule has 9 fully saturated rings. The molecule has 12 heteroatoms. The number of thioether (sulfide) groups is 6. The highest BCUT2D eigenvalue weighted by Crippen LogP contribution is 2.51. The average Bonchev–Trinajstić information content (AvgIpc) is 0.776. The number of hydrogen-bond donors (Lipinski definition) is 6. The van der Waals surface area contributed by atoms with Gasteiger partial charge in [0.15, 0.2) is 0 Å². The van der Waals surface area contributed by atoms with Gasteiger partial charge in [0.05, 0.1) is 0 Å². The van der Waals surface area contributed by atoms with Crippen molar-refractivity contribution in [3.05, 3.63) is 173 Å². The fraction of sp³-hybridized carbons (Fsp3) is 0.667. The molecular weight excluding hydrogens is 1590 g/mol. The van der Waals surface area contributed by atoms with Crippen molar-refractivity contribution in [3.8, 4) is 34.5 Å². The maximum atomic E-state index is 11.9. The smallest absolute Gasteiger partial charge is 0.123 e. The predicted octanol–water partition coefficient (Wildman–Crippen LogP) is 33.2. The zero-order chi connectivity index (χ0) is 83.7. The monoisotopic (exact) mass is 1740 g/mol. The number of aryl methyl sites for hydroxylation is 6. The van der Waals surface area contributed by atoms with E-state index in [1.54, 1.807) is 0 Å². The third kappa shape index (κ3) is 26.9. The van der Waals surface area contributed by atoms with Crippen LogP contribution in [0.15, 0.2) is 72.8 Å². The second-order valence-corrected chi connectivity index (χ2v) is 46.6. The van der Waals surface area contributed by atoms with Crippen LogP contribution in [0.5, 0.6) is 34.5 Å². The van der Waals surface area contributed by atoms with Crippen LogP contribution < -0.4 is 0 Å². The third-order valence-corrected chi connectivity index (χ3v) is 39.1. The molecule has 6 aromatic carbocycles. The van der Waals surface area contributed by atoms with Crippen LogP contribution in [0, 0.1) is 41.5 Å². The highest BCUT2D eigenvalue weighted by molar-refractivity contribution is 8.04. The van der Waals surface area contributed by atoms with Crippen LogP contribution in [-0.4, -0.2) is 62.1 Å². The molecule has 9 saturated carbocycles. The molecule has 660 valence electrons. The first-order valence-corrected chi connectivity index (χ1v) is 55.4. The molecule has 120 heavy (non-hydrogen) atoms. The molecule has 0 aromatic heterocycles. The van der Waals surface area contributed by atoms with Crippen molar-refractivity contribution >= 4 is 70.6 Å². The Bertz CT molecular complexity index is 3870. The first kappa shape index (κ1) is 93.8. The lowest BCUT2D eigenvalue weighted by Gasteiger charge is -2.31. The Balaban J connectivity index is 0.000000161. The van der Waals surface area contributed by atoms with Gasteiger partial charge < -0.3 is 30.6 Å². The molecule has 0 bridgehead atoms. The minimum Gasteiger partial charge on any atom is -0.507 e. The molecule has 0 radical (unpaired) electrons. The van der Waals surface area contributed by atoms with Gasteiger partial charge in [-0.05, 0) is 237 Å². The normalized spacial score (nSPS) is 23.6. The van der Waals surface area contributed by atoms with Crippen molar-refractivity contribution in [1.82, 2.24) is 0 Å². The molecule has 0 spiro atoms. The van der Waals surface area contributed by atoms with E-state index in [0.29, 0.717) is 102 Å². The number of aromatic hydroxyl groups is 6. The summed E-state index contributed by atoms with van der Waals surface area (Å²) in [4.78, 5) is 0. The zero-order valence-electron chi connectivity index (χ0n) is 75.2. The van der Waals surface area contributed by atoms with Gasteiger partial charge in [-0.2, -0.15) is 70.6 Å².